The molecule has 3 N–H and O–H groups in total. The normalized spacial score (nSPS) is 12.2. The maximum Gasteiger partial charge on any atom is 0.283 e. The molecule has 3 aromatic carbocycles. The summed E-state index contributed by atoms with van der Waals surface area (Å²) in [7, 11) is -5.10. The van der Waals surface area contributed by atoms with Crippen molar-refractivity contribution in [2.45, 2.75) is 4.75 Å². The minimum Gasteiger partial charge on any atom is -0.508 e. The van der Waals surface area contributed by atoms with Gasteiger partial charge in [0.15, 0.2) is 4.75 Å². The SMILES string of the molecule is O=S(=O)(O)C(c1ccc(O)cc1Cl)(c1ccc(O)cc1Cl)c1c(Cl)cccc1Cl. The number of phenolic OH excluding ortho intramolecular Hbond substituents is 2. The molecule has 0 amide bonds. The Balaban J connectivity index is 2.65. The van der Waals surface area contributed by atoms with E-state index >= 15 is 0 Å². The van der Waals surface area contributed by atoms with Gasteiger partial charge in [-0.1, -0.05) is 64.6 Å². The van der Waals surface area contributed by atoms with E-state index in [4.69, 9.17) is 46.4 Å². The molecule has 5 nitrogen and oxygen atoms in total. The maximum absolute atomic E-state index is 13.0. The van der Waals surface area contributed by atoms with Crippen LogP contribution in [-0.2, 0) is 14.9 Å². The first-order chi connectivity index (χ1) is 13.5. The summed E-state index contributed by atoms with van der Waals surface area (Å²) >= 11 is 25.3. The van der Waals surface area contributed by atoms with Crippen LogP contribution in [0.15, 0.2) is 54.6 Å². The fourth-order valence-electron chi connectivity index (χ4n) is 3.23. The van der Waals surface area contributed by atoms with E-state index in [-0.39, 0.29) is 48.3 Å². The Morgan fingerprint density at radius 3 is 1.45 bits per heavy atom. The lowest BCUT2D eigenvalue weighted by molar-refractivity contribution is 0.456. The highest BCUT2D eigenvalue weighted by Crippen LogP contribution is 2.53. The molecule has 0 saturated carbocycles. The first kappa shape index (κ1) is 22.0. The monoisotopic (exact) mass is 492 g/mol. The predicted molar refractivity (Wildman–Crippen MR) is 114 cm³/mol. The molecule has 0 radical (unpaired) electrons. The first-order valence-corrected chi connectivity index (χ1v) is 10.8. The molecule has 0 unspecified atom stereocenters. The van der Waals surface area contributed by atoms with Gasteiger partial charge in [-0.2, -0.15) is 8.42 Å². The zero-order valence-corrected chi connectivity index (χ0v) is 18.1. The summed E-state index contributed by atoms with van der Waals surface area (Å²) in [5, 5.41) is 18.9. The van der Waals surface area contributed by atoms with Crippen LogP contribution in [0.1, 0.15) is 16.7 Å². The van der Waals surface area contributed by atoms with Gasteiger partial charge in [0.2, 0.25) is 0 Å². The lowest BCUT2D eigenvalue weighted by Gasteiger charge is -2.35. The fraction of sp³-hybridized carbons (Fsp3) is 0.0526. The fourth-order valence-corrected chi connectivity index (χ4v) is 6.16. The van der Waals surface area contributed by atoms with Crippen LogP contribution in [0, 0.1) is 0 Å². The highest BCUT2D eigenvalue weighted by molar-refractivity contribution is 7.87. The van der Waals surface area contributed by atoms with E-state index in [0.717, 1.165) is 12.1 Å². The number of benzene rings is 3. The molecule has 3 aromatic rings. The van der Waals surface area contributed by atoms with E-state index in [1.54, 1.807) is 0 Å². The quantitative estimate of drug-likeness (QED) is 0.311. The summed E-state index contributed by atoms with van der Waals surface area (Å²) in [6.07, 6.45) is 0. The molecule has 152 valence electrons. The standard InChI is InChI=1S/C19H12Cl4O5S/c20-14-2-1-3-15(21)18(14)19(29(26,27)28,12-6-4-10(24)8-16(12)22)13-7-5-11(25)9-17(13)23/h1-9,24-25H,(H,26,27,28). The van der Waals surface area contributed by atoms with Crippen molar-refractivity contribution in [3.05, 3.63) is 91.4 Å². The van der Waals surface area contributed by atoms with E-state index < -0.39 is 14.9 Å². The van der Waals surface area contributed by atoms with E-state index in [2.05, 4.69) is 0 Å². The first-order valence-electron chi connectivity index (χ1n) is 7.89. The second kappa shape index (κ2) is 7.87. The van der Waals surface area contributed by atoms with Gasteiger partial charge in [0.25, 0.3) is 10.1 Å². The van der Waals surface area contributed by atoms with Crippen LogP contribution in [0.4, 0.5) is 0 Å². The molecule has 0 fully saturated rings. The highest BCUT2D eigenvalue weighted by atomic mass is 35.5. The molecule has 0 heterocycles. The minimum atomic E-state index is -5.10. The molecule has 3 rings (SSSR count). The average molecular weight is 494 g/mol. The Bertz CT molecular complexity index is 1140. The second-order valence-electron chi connectivity index (χ2n) is 6.08. The third-order valence-electron chi connectivity index (χ3n) is 4.37. The van der Waals surface area contributed by atoms with Crippen molar-refractivity contribution in [2.24, 2.45) is 0 Å². The summed E-state index contributed by atoms with van der Waals surface area (Å²) in [4.78, 5) is 0. The molecule has 10 heteroatoms. The van der Waals surface area contributed by atoms with Crippen molar-refractivity contribution in [1.82, 2.24) is 0 Å². The van der Waals surface area contributed by atoms with Crippen LogP contribution in [0.5, 0.6) is 11.5 Å². The van der Waals surface area contributed by atoms with E-state index in [9.17, 15) is 23.2 Å². The molecular weight excluding hydrogens is 482 g/mol. The van der Waals surface area contributed by atoms with Crippen molar-refractivity contribution >= 4 is 56.5 Å². The second-order valence-corrected chi connectivity index (χ2v) is 9.27. The van der Waals surface area contributed by atoms with Gasteiger partial charge in [-0.3, -0.25) is 4.55 Å². The van der Waals surface area contributed by atoms with Crippen molar-refractivity contribution in [3.8, 4) is 11.5 Å². The van der Waals surface area contributed by atoms with Gasteiger partial charge >= 0.3 is 0 Å². The van der Waals surface area contributed by atoms with E-state index in [1.807, 2.05) is 0 Å². The Morgan fingerprint density at radius 1 is 0.690 bits per heavy atom. The molecular formula is C19H12Cl4O5S. The van der Waals surface area contributed by atoms with Crippen LogP contribution >= 0.6 is 46.4 Å². The topological polar surface area (TPSA) is 94.8 Å². The molecule has 0 spiro atoms. The Hall–Kier alpha value is -1.67. The van der Waals surface area contributed by atoms with Gasteiger partial charge in [0, 0.05) is 36.8 Å². The Morgan fingerprint density at radius 2 is 1.10 bits per heavy atom. The Labute approximate surface area is 186 Å². The molecule has 0 atom stereocenters. The summed E-state index contributed by atoms with van der Waals surface area (Å²) in [6.45, 7) is 0. The van der Waals surface area contributed by atoms with Crippen LogP contribution in [-0.4, -0.2) is 23.2 Å². The van der Waals surface area contributed by atoms with Gasteiger partial charge < -0.3 is 10.2 Å². The summed E-state index contributed by atoms with van der Waals surface area (Å²) in [5.74, 6) is -0.463. The summed E-state index contributed by atoms with van der Waals surface area (Å²) in [6, 6.07) is 11.3. The number of halogens is 4. The maximum atomic E-state index is 13.0. The van der Waals surface area contributed by atoms with Crippen LogP contribution in [0.2, 0.25) is 20.1 Å². The predicted octanol–water partition coefficient (Wildman–Crippen LogP) is 5.89. The Kier molecular flexibility index (Phi) is 5.98. The van der Waals surface area contributed by atoms with Crippen molar-refractivity contribution in [2.75, 3.05) is 0 Å². The van der Waals surface area contributed by atoms with E-state index in [0.29, 0.717) is 0 Å². The molecule has 0 aromatic heterocycles. The largest absolute Gasteiger partial charge is 0.508 e. The van der Waals surface area contributed by atoms with Gasteiger partial charge in [-0.15, -0.1) is 0 Å². The highest BCUT2D eigenvalue weighted by Gasteiger charge is 2.53. The number of aromatic hydroxyl groups is 2. The molecule has 0 aliphatic rings. The van der Waals surface area contributed by atoms with Crippen LogP contribution in [0.25, 0.3) is 0 Å². The molecule has 0 saturated heterocycles. The summed E-state index contributed by atoms with van der Waals surface area (Å²) < 4.78 is 34.1. The minimum absolute atomic E-state index is 0.0802. The molecule has 0 aliphatic carbocycles. The van der Waals surface area contributed by atoms with Gasteiger partial charge in [-0.05, 0) is 36.4 Å². The zero-order valence-electron chi connectivity index (χ0n) is 14.3. The third kappa shape index (κ3) is 3.65. The number of rotatable bonds is 4. The van der Waals surface area contributed by atoms with Gasteiger partial charge in [-0.25, -0.2) is 0 Å². The van der Waals surface area contributed by atoms with Crippen molar-refractivity contribution in [1.29, 1.82) is 0 Å². The van der Waals surface area contributed by atoms with Gasteiger partial charge in [0.05, 0.1) is 0 Å². The van der Waals surface area contributed by atoms with Crippen molar-refractivity contribution < 1.29 is 23.2 Å². The van der Waals surface area contributed by atoms with Crippen molar-refractivity contribution in [3.63, 3.8) is 0 Å². The lowest BCUT2D eigenvalue weighted by Crippen LogP contribution is -2.39. The van der Waals surface area contributed by atoms with Crippen LogP contribution in [0.3, 0.4) is 0 Å². The van der Waals surface area contributed by atoms with Gasteiger partial charge in [0.1, 0.15) is 11.5 Å². The smallest absolute Gasteiger partial charge is 0.283 e. The average Bonchev–Trinajstić information content (AvgIpc) is 2.58. The third-order valence-corrected chi connectivity index (χ3v) is 7.04. The van der Waals surface area contributed by atoms with E-state index in [1.165, 1.54) is 42.5 Å². The molecule has 0 aliphatic heterocycles. The molecule has 29 heavy (non-hydrogen) atoms. The number of phenols is 2. The van der Waals surface area contributed by atoms with Crippen LogP contribution < -0.4 is 0 Å². The number of hydrogen-bond donors (Lipinski definition) is 3. The number of hydrogen-bond acceptors (Lipinski definition) is 4. The summed E-state index contributed by atoms with van der Waals surface area (Å²) in [5.41, 5.74) is -0.491. The molecule has 0 bridgehead atoms. The lowest BCUT2D eigenvalue weighted by atomic mass is 9.83. The zero-order chi connectivity index (χ0) is 21.6.